The maximum Gasteiger partial charge on any atom is 0.338 e. The van der Waals surface area contributed by atoms with E-state index < -0.39 is 0 Å². The fourth-order valence-electron chi connectivity index (χ4n) is 3.47. The van der Waals surface area contributed by atoms with Gasteiger partial charge in [0, 0.05) is 5.69 Å². The van der Waals surface area contributed by atoms with Crippen LogP contribution >= 0.6 is 0 Å². The summed E-state index contributed by atoms with van der Waals surface area (Å²) in [5.41, 5.74) is 6.51. The van der Waals surface area contributed by atoms with Gasteiger partial charge in [0.1, 0.15) is 6.61 Å². The lowest BCUT2D eigenvalue weighted by molar-refractivity contribution is 0.0467. The first-order valence-corrected chi connectivity index (χ1v) is 9.38. The molecule has 4 rings (SSSR count). The predicted octanol–water partition coefficient (Wildman–Crippen LogP) is 4.69. The quantitative estimate of drug-likeness (QED) is 0.635. The van der Waals surface area contributed by atoms with Crippen molar-refractivity contribution in [1.29, 1.82) is 0 Å². The van der Waals surface area contributed by atoms with Gasteiger partial charge in [0.15, 0.2) is 0 Å². The van der Waals surface area contributed by atoms with Crippen LogP contribution in [0.5, 0.6) is 0 Å². The lowest BCUT2D eigenvalue weighted by atomic mass is 9.90. The van der Waals surface area contributed by atoms with E-state index in [2.05, 4.69) is 16.0 Å². The molecule has 0 amide bonds. The molecule has 2 heterocycles. The van der Waals surface area contributed by atoms with Crippen molar-refractivity contribution in [3.63, 3.8) is 0 Å². The number of hydrogen-bond donors (Lipinski definition) is 0. The smallest absolute Gasteiger partial charge is 0.338 e. The molecule has 0 atom stereocenters. The largest absolute Gasteiger partial charge is 0.456 e. The highest BCUT2D eigenvalue weighted by molar-refractivity contribution is 5.89. The van der Waals surface area contributed by atoms with Crippen LogP contribution in [0.1, 0.15) is 45.7 Å². The zero-order valence-corrected chi connectivity index (χ0v) is 15.4. The zero-order valence-electron chi connectivity index (χ0n) is 15.4. The van der Waals surface area contributed by atoms with Crippen LogP contribution in [0.3, 0.4) is 0 Å². The first-order chi connectivity index (χ1) is 13.2. The molecule has 0 fully saturated rings. The third-order valence-electron chi connectivity index (χ3n) is 4.89. The van der Waals surface area contributed by atoms with E-state index in [-0.39, 0.29) is 12.6 Å². The van der Waals surface area contributed by atoms with E-state index in [1.54, 1.807) is 0 Å². The molecule has 1 aliphatic rings. The molecule has 0 saturated heterocycles. The van der Waals surface area contributed by atoms with Crippen LogP contribution in [0.4, 0.5) is 0 Å². The fourth-order valence-corrected chi connectivity index (χ4v) is 3.47. The second-order valence-corrected chi connectivity index (χ2v) is 6.95. The molecule has 3 aromatic rings. The Labute approximate surface area is 159 Å². The molecule has 0 bridgehead atoms. The van der Waals surface area contributed by atoms with Gasteiger partial charge in [0.05, 0.1) is 22.6 Å². The Bertz CT molecular complexity index is 982. The average Bonchev–Trinajstić information content (AvgIpc) is 2.72. The van der Waals surface area contributed by atoms with E-state index in [1.807, 2.05) is 55.5 Å². The van der Waals surface area contributed by atoms with Crippen LogP contribution in [0.25, 0.3) is 11.4 Å². The molecule has 0 unspecified atom stereocenters. The number of aromatic nitrogens is 2. The lowest BCUT2D eigenvalue weighted by Crippen LogP contribution is -2.09. The van der Waals surface area contributed by atoms with Gasteiger partial charge in [-0.1, -0.05) is 18.2 Å². The standard InChI is InChI=1S/C23H22N2O2/c1-16-6-4-10-21(24-16)22-11-5-9-20(25-22)15-27-23(26)19-13-12-17-7-2-3-8-18(17)14-19/h4-6,9-14H,2-3,7-8,15H2,1H3. The molecule has 4 nitrogen and oxygen atoms in total. The first-order valence-electron chi connectivity index (χ1n) is 9.38. The number of benzene rings is 1. The maximum absolute atomic E-state index is 12.4. The number of hydrogen-bond acceptors (Lipinski definition) is 4. The van der Waals surface area contributed by atoms with Crippen LogP contribution in [0.15, 0.2) is 54.6 Å². The van der Waals surface area contributed by atoms with Crippen molar-refractivity contribution in [1.82, 2.24) is 9.97 Å². The highest BCUT2D eigenvalue weighted by Gasteiger charge is 2.14. The number of nitrogens with zero attached hydrogens (tertiary/aromatic N) is 2. The van der Waals surface area contributed by atoms with Gasteiger partial charge in [-0.3, -0.25) is 4.98 Å². The minimum Gasteiger partial charge on any atom is -0.456 e. The second kappa shape index (κ2) is 7.70. The molecule has 0 spiro atoms. The first kappa shape index (κ1) is 17.4. The Morgan fingerprint density at radius 1 is 0.926 bits per heavy atom. The topological polar surface area (TPSA) is 52.1 Å². The van der Waals surface area contributed by atoms with E-state index in [0.29, 0.717) is 11.3 Å². The molecule has 2 aromatic heterocycles. The monoisotopic (exact) mass is 358 g/mol. The summed E-state index contributed by atoms with van der Waals surface area (Å²) in [4.78, 5) is 21.5. The van der Waals surface area contributed by atoms with E-state index in [0.717, 1.165) is 29.9 Å². The predicted molar refractivity (Wildman–Crippen MR) is 104 cm³/mol. The van der Waals surface area contributed by atoms with Crippen molar-refractivity contribution in [2.45, 2.75) is 39.2 Å². The highest BCUT2D eigenvalue weighted by Crippen LogP contribution is 2.23. The van der Waals surface area contributed by atoms with Gasteiger partial charge in [0.2, 0.25) is 0 Å². The molecule has 0 radical (unpaired) electrons. The Morgan fingerprint density at radius 2 is 1.67 bits per heavy atom. The Hall–Kier alpha value is -3.01. The Balaban J connectivity index is 1.46. The van der Waals surface area contributed by atoms with Gasteiger partial charge in [-0.15, -0.1) is 0 Å². The third-order valence-corrected chi connectivity index (χ3v) is 4.89. The summed E-state index contributed by atoms with van der Waals surface area (Å²) >= 11 is 0. The molecule has 4 heteroatoms. The van der Waals surface area contributed by atoms with Gasteiger partial charge in [-0.2, -0.15) is 0 Å². The minimum absolute atomic E-state index is 0.148. The van der Waals surface area contributed by atoms with E-state index >= 15 is 0 Å². The number of ether oxygens (including phenoxy) is 1. The highest BCUT2D eigenvalue weighted by atomic mass is 16.5. The molecule has 1 aliphatic carbocycles. The van der Waals surface area contributed by atoms with Crippen molar-refractivity contribution >= 4 is 5.97 Å². The fraction of sp³-hybridized carbons (Fsp3) is 0.261. The zero-order chi connectivity index (χ0) is 18.6. The number of esters is 1. The van der Waals surface area contributed by atoms with Crippen LogP contribution in [0, 0.1) is 6.92 Å². The summed E-state index contributed by atoms with van der Waals surface area (Å²) < 4.78 is 5.50. The van der Waals surface area contributed by atoms with Crippen molar-refractivity contribution in [2.75, 3.05) is 0 Å². The maximum atomic E-state index is 12.4. The SMILES string of the molecule is Cc1cccc(-c2cccc(COC(=O)c3ccc4c(c3)CCCC4)n2)n1. The average molecular weight is 358 g/mol. The Kier molecular flexibility index (Phi) is 4.97. The summed E-state index contributed by atoms with van der Waals surface area (Å²) in [5, 5.41) is 0. The van der Waals surface area contributed by atoms with Gasteiger partial charge in [0.25, 0.3) is 0 Å². The Morgan fingerprint density at radius 3 is 2.48 bits per heavy atom. The molecule has 1 aromatic carbocycles. The van der Waals surface area contributed by atoms with Crippen LogP contribution in [-0.2, 0) is 24.2 Å². The summed E-state index contributed by atoms with van der Waals surface area (Å²) in [5.74, 6) is -0.302. The second-order valence-electron chi connectivity index (χ2n) is 6.95. The van der Waals surface area contributed by atoms with E-state index in [4.69, 9.17) is 4.74 Å². The molecule has 0 N–H and O–H groups in total. The van der Waals surface area contributed by atoms with Crippen LogP contribution in [0.2, 0.25) is 0 Å². The number of carbonyl (C=O) groups excluding carboxylic acids is 1. The molecular formula is C23H22N2O2. The summed E-state index contributed by atoms with van der Waals surface area (Å²) in [7, 11) is 0. The third kappa shape index (κ3) is 4.05. The van der Waals surface area contributed by atoms with Gasteiger partial charge >= 0.3 is 5.97 Å². The van der Waals surface area contributed by atoms with E-state index in [1.165, 1.54) is 24.0 Å². The molecular weight excluding hydrogens is 336 g/mol. The van der Waals surface area contributed by atoms with E-state index in [9.17, 15) is 4.79 Å². The summed E-state index contributed by atoms with van der Waals surface area (Å²) in [6.45, 7) is 2.10. The molecule has 0 saturated carbocycles. The number of aryl methyl sites for hydroxylation is 3. The number of carbonyl (C=O) groups is 1. The van der Waals surface area contributed by atoms with Crippen molar-refractivity contribution in [2.24, 2.45) is 0 Å². The molecule has 0 aliphatic heterocycles. The number of fused-ring (bicyclic) bond motifs is 1. The van der Waals surface area contributed by atoms with Gasteiger partial charge in [-0.25, -0.2) is 9.78 Å². The summed E-state index contributed by atoms with van der Waals surface area (Å²) in [6.07, 6.45) is 4.57. The van der Waals surface area contributed by atoms with Crippen LogP contribution < -0.4 is 0 Å². The lowest BCUT2D eigenvalue weighted by Gasteiger charge is -2.16. The van der Waals surface area contributed by atoms with Crippen molar-refractivity contribution < 1.29 is 9.53 Å². The van der Waals surface area contributed by atoms with Crippen molar-refractivity contribution in [3.8, 4) is 11.4 Å². The molecule has 136 valence electrons. The summed E-state index contributed by atoms with van der Waals surface area (Å²) in [6, 6.07) is 17.4. The normalized spacial score (nSPS) is 13.1. The van der Waals surface area contributed by atoms with Gasteiger partial charge < -0.3 is 4.74 Å². The number of rotatable bonds is 4. The minimum atomic E-state index is -0.302. The van der Waals surface area contributed by atoms with Gasteiger partial charge in [-0.05, 0) is 80.1 Å². The molecule has 27 heavy (non-hydrogen) atoms. The number of pyridine rings is 2. The van der Waals surface area contributed by atoms with Crippen molar-refractivity contribution in [3.05, 3.63) is 82.7 Å². The van der Waals surface area contributed by atoms with Crippen LogP contribution in [-0.4, -0.2) is 15.9 Å².